The summed E-state index contributed by atoms with van der Waals surface area (Å²) >= 11 is 0. The van der Waals surface area contributed by atoms with Crippen molar-refractivity contribution in [2.24, 2.45) is 5.92 Å². The topological polar surface area (TPSA) is 76.1 Å². The minimum Gasteiger partial charge on any atom is -0.507 e. The summed E-state index contributed by atoms with van der Waals surface area (Å²) in [7, 11) is 1.50. The Bertz CT molecular complexity index is 1280. The summed E-state index contributed by atoms with van der Waals surface area (Å²) in [5, 5.41) is 11.3. The van der Waals surface area contributed by atoms with Gasteiger partial charge in [-0.1, -0.05) is 44.2 Å². The summed E-state index contributed by atoms with van der Waals surface area (Å²) in [5.41, 5.74) is 1.13. The number of methoxy groups -OCH3 is 1. The first-order valence-electron chi connectivity index (χ1n) is 11.2. The lowest BCUT2D eigenvalue weighted by molar-refractivity contribution is -0.132. The zero-order valence-corrected chi connectivity index (χ0v) is 19.7. The van der Waals surface area contributed by atoms with Crippen molar-refractivity contribution in [1.29, 1.82) is 0 Å². The van der Waals surface area contributed by atoms with Crippen LogP contribution >= 0.6 is 0 Å². The average Bonchev–Trinajstić information content (AvgIpc) is 3.13. The molecule has 1 heterocycles. The number of ketones is 1. The Balaban J connectivity index is 1.86. The Labute approximate surface area is 203 Å². The highest BCUT2D eigenvalue weighted by atomic mass is 19.1. The molecule has 7 heteroatoms. The Kier molecular flexibility index (Phi) is 6.87. The molecule has 1 saturated heterocycles. The second kappa shape index (κ2) is 10.0. The van der Waals surface area contributed by atoms with Crippen molar-refractivity contribution in [2.45, 2.75) is 19.9 Å². The second-order valence-electron chi connectivity index (χ2n) is 8.65. The fourth-order valence-electron chi connectivity index (χ4n) is 3.97. The molecule has 0 spiro atoms. The predicted octanol–water partition coefficient (Wildman–Crippen LogP) is 5.50. The van der Waals surface area contributed by atoms with Crippen molar-refractivity contribution in [2.75, 3.05) is 18.6 Å². The molecule has 3 aromatic rings. The summed E-state index contributed by atoms with van der Waals surface area (Å²) in [6.07, 6.45) is 0. The van der Waals surface area contributed by atoms with Gasteiger partial charge in [0.1, 0.15) is 23.1 Å². The molecule has 1 unspecified atom stereocenters. The number of hydrogen-bond acceptors (Lipinski definition) is 5. The number of aliphatic hydroxyl groups excluding tert-OH is 1. The van der Waals surface area contributed by atoms with E-state index in [2.05, 4.69) is 0 Å². The molecule has 1 amide bonds. The van der Waals surface area contributed by atoms with E-state index in [0.29, 0.717) is 40.8 Å². The molecule has 35 heavy (non-hydrogen) atoms. The van der Waals surface area contributed by atoms with Crippen LogP contribution in [0.3, 0.4) is 0 Å². The number of amides is 1. The summed E-state index contributed by atoms with van der Waals surface area (Å²) in [6.45, 7) is 4.53. The van der Waals surface area contributed by atoms with Gasteiger partial charge in [-0.05, 0) is 47.9 Å². The van der Waals surface area contributed by atoms with Crippen LogP contribution in [0, 0.1) is 11.7 Å². The van der Waals surface area contributed by atoms with E-state index >= 15 is 0 Å². The van der Waals surface area contributed by atoms with E-state index in [9.17, 15) is 19.1 Å². The highest BCUT2D eigenvalue weighted by Gasteiger charge is 2.47. The minimum atomic E-state index is -0.969. The first kappa shape index (κ1) is 24.0. The van der Waals surface area contributed by atoms with Crippen LogP contribution in [-0.2, 0) is 9.59 Å². The number of carbonyl (C=O) groups is 2. The molecular formula is C28H26FNO5. The Morgan fingerprint density at radius 1 is 1.00 bits per heavy atom. The lowest BCUT2D eigenvalue weighted by Gasteiger charge is -2.25. The predicted molar refractivity (Wildman–Crippen MR) is 131 cm³/mol. The van der Waals surface area contributed by atoms with Gasteiger partial charge in [0, 0.05) is 17.3 Å². The van der Waals surface area contributed by atoms with Crippen LogP contribution in [0.5, 0.6) is 11.5 Å². The number of anilines is 1. The molecule has 0 bridgehead atoms. The number of hydrogen-bond donors (Lipinski definition) is 1. The van der Waals surface area contributed by atoms with Crippen LogP contribution in [0.4, 0.5) is 10.1 Å². The molecule has 0 aromatic heterocycles. The molecule has 0 aliphatic carbocycles. The zero-order chi connectivity index (χ0) is 25.1. The van der Waals surface area contributed by atoms with Gasteiger partial charge in [-0.3, -0.25) is 14.5 Å². The molecule has 1 aliphatic heterocycles. The number of aliphatic hydroxyl groups is 1. The van der Waals surface area contributed by atoms with E-state index in [4.69, 9.17) is 9.47 Å². The largest absolute Gasteiger partial charge is 0.507 e. The van der Waals surface area contributed by atoms with Gasteiger partial charge in [0.25, 0.3) is 11.7 Å². The maximum absolute atomic E-state index is 13.7. The molecule has 3 aromatic carbocycles. The fraction of sp³-hybridized carbons (Fsp3) is 0.214. The highest BCUT2D eigenvalue weighted by Crippen LogP contribution is 2.43. The van der Waals surface area contributed by atoms with E-state index in [-0.39, 0.29) is 11.3 Å². The lowest BCUT2D eigenvalue weighted by Crippen LogP contribution is -2.29. The van der Waals surface area contributed by atoms with Gasteiger partial charge in [-0.2, -0.15) is 0 Å². The molecule has 1 aliphatic rings. The van der Waals surface area contributed by atoms with Gasteiger partial charge in [-0.15, -0.1) is 0 Å². The standard InChI is InChI=1S/C28H26FNO5/c1-17(2)16-35-23-9-4-6-19(14-23)26(31)24-25(18-10-12-20(29)13-11-18)30(28(33)27(24)32)21-7-5-8-22(15-21)34-3/h4-15,17,25,31H,16H2,1-3H3/b26-24+. The Morgan fingerprint density at radius 3 is 2.37 bits per heavy atom. The summed E-state index contributed by atoms with van der Waals surface area (Å²) < 4.78 is 24.7. The molecular weight excluding hydrogens is 449 g/mol. The molecule has 0 saturated carbocycles. The van der Waals surface area contributed by atoms with E-state index in [1.54, 1.807) is 48.5 Å². The van der Waals surface area contributed by atoms with Crippen LogP contribution in [0.2, 0.25) is 0 Å². The average molecular weight is 476 g/mol. The quantitative estimate of drug-likeness (QED) is 0.278. The summed E-state index contributed by atoms with van der Waals surface area (Å²) in [6, 6.07) is 18.0. The number of ether oxygens (including phenoxy) is 2. The molecule has 0 radical (unpaired) electrons. The Hall–Kier alpha value is -4.13. The highest BCUT2D eigenvalue weighted by molar-refractivity contribution is 6.51. The van der Waals surface area contributed by atoms with Crippen molar-refractivity contribution < 1.29 is 28.6 Å². The van der Waals surface area contributed by atoms with Crippen molar-refractivity contribution in [3.8, 4) is 11.5 Å². The van der Waals surface area contributed by atoms with E-state index < -0.39 is 23.5 Å². The molecule has 1 fully saturated rings. The van der Waals surface area contributed by atoms with Crippen LogP contribution < -0.4 is 14.4 Å². The SMILES string of the molecule is COc1cccc(N2C(=O)C(=O)/C(=C(/O)c3cccc(OCC(C)C)c3)C2c2ccc(F)cc2)c1. The Morgan fingerprint density at radius 2 is 1.69 bits per heavy atom. The second-order valence-corrected chi connectivity index (χ2v) is 8.65. The van der Waals surface area contributed by atoms with Gasteiger partial charge in [0.15, 0.2) is 0 Å². The van der Waals surface area contributed by atoms with Crippen LogP contribution in [-0.4, -0.2) is 30.5 Å². The maximum atomic E-state index is 13.7. The molecule has 4 rings (SSSR count). The third kappa shape index (κ3) is 4.89. The molecule has 1 atom stereocenters. The van der Waals surface area contributed by atoms with Crippen LogP contribution in [0.25, 0.3) is 5.76 Å². The van der Waals surface area contributed by atoms with Crippen molar-refractivity contribution in [1.82, 2.24) is 0 Å². The van der Waals surface area contributed by atoms with E-state index in [1.807, 2.05) is 13.8 Å². The normalized spacial score (nSPS) is 17.2. The first-order valence-corrected chi connectivity index (χ1v) is 11.2. The number of carbonyl (C=O) groups excluding carboxylic acids is 2. The lowest BCUT2D eigenvalue weighted by atomic mass is 9.95. The van der Waals surface area contributed by atoms with Crippen LogP contribution in [0.1, 0.15) is 31.0 Å². The monoisotopic (exact) mass is 475 g/mol. The fourth-order valence-corrected chi connectivity index (χ4v) is 3.97. The number of Topliss-reactive ketones (excluding diaryl/α,β-unsaturated/α-hetero) is 1. The van der Waals surface area contributed by atoms with Crippen molar-refractivity contribution >= 4 is 23.1 Å². The summed E-state index contributed by atoms with van der Waals surface area (Å²) in [5.74, 6) is -1.10. The third-order valence-corrected chi connectivity index (χ3v) is 5.65. The van der Waals surface area contributed by atoms with E-state index in [1.165, 1.54) is 36.3 Å². The first-order chi connectivity index (χ1) is 16.8. The number of nitrogens with zero attached hydrogens (tertiary/aromatic N) is 1. The van der Waals surface area contributed by atoms with Gasteiger partial charge in [-0.25, -0.2) is 4.39 Å². The van der Waals surface area contributed by atoms with E-state index in [0.717, 1.165) is 0 Å². The van der Waals surface area contributed by atoms with Gasteiger partial charge in [0.2, 0.25) is 0 Å². The van der Waals surface area contributed by atoms with Gasteiger partial charge < -0.3 is 14.6 Å². The number of rotatable bonds is 7. The third-order valence-electron chi connectivity index (χ3n) is 5.65. The zero-order valence-electron chi connectivity index (χ0n) is 19.7. The number of halogens is 1. The summed E-state index contributed by atoms with van der Waals surface area (Å²) in [4.78, 5) is 27.8. The molecule has 180 valence electrons. The maximum Gasteiger partial charge on any atom is 0.300 e. The number of benzene rings is 3. The van der Waals surface area contributed by atoms with Gasteiger partial charge in [0.05, 0.1) is 25.3 Å². The van der Waals surface area contributed by atoms with Crippen molar-refractivity contribution in [3.63, 3.8) is 0 Å². The smallest absolute Gasteiger partial charge is 0.300 e. The molecule has 6 nitrogen and oxygen atoms in total. The minimum absolute atomic E-state index is 0.0922. The van der Waals surface area contributed by atoms with Gasteiger partial charge >= 0.3 is 0 Å². The molecule has 1 N–H and O–H groups in total. The van der Waals surface area contributed by atoms with Crippen molar-refractivity contribution in [3.05, 3.63) is 95.3 Å². The van der Waals surface area contributed by atoms with Crippen LogP contribution in [0.15, 0.2) is 78.4 Å².